The lowest BCUT2D eigenvalue weighted by molar-refractivity contribution is 1.47. The van der Waals surface area contributed by atoms with Gasteiger partial charge in [-0.3, -0.25) is 0 Å². The van der Waals surface area contributed by atoms with E-state index in [1.165, 1.54) is 0 Å². The lowest BCUT2D eigenvalue weighted by Gasteiger charge is -2.12. The quantitative estimate of drug-likeness (QED) is 0.620. The van der Waals surface area contributed by atoms with Crippen LogP contribution in [-0.2, 0) is 0 Å². The summed E-state index contributed by atoms with van der Waals surface area (Å²) in [5.41, 5.74) is 1.57. The van der Waals surface area contributed by atoms with Crippen LogP contribution in [0.5, 0.6) is 0 Å². The molecule has 56 valence electrons. The van der Waals surface area contributed by atoms with Crippen molar-refractivity contribution in [2.24, 2.45) is 0 Å². The molecule has 2 nitrogen and oxygen atoms in total. The zero-order valence-corrected chi connectivity index (χ0v) is 8.17. The van der Waals surface area contributed by atoms with Gasteiger partial charge in [0.1, 0.15) is 6.07 Å². The van der Waals surface area contributed by atoms with Crippen molar-refractivity contribution in [2.45, 2.75) is 0 Å². The van der Waals surface area contributed by atoms with Crippen molar-refractivity contribution in [1.29, 1.82) is 5.26 Å². The third kappa shape index (κ3) is 1.90. The van der Waals surface area contributed by atoms with Crippen molar-refractivity contribution in [2.75, 3.05) is 4.44 Å². The number of benzene rings is 1. The van der Waals surface area contributed by atoms with E-state index in [1.54, 1.807) is 10.5 Å². The molecule has 0 aromatic heterocycles. The highest BCUT2D eigenvalue weighted by molar-refractivity contribution is 7.39. The molecule has 0 saturated carbocycles. The Morgan fingerprint density at radius 2 is 1.91 bits per heavy atom. The van der Waals surface area contributed by atoms with E-state index in [4.69, 9.17) is 5.26 Å². The summed E-state index contributed by atoms with van der Waals surface area (Å²) in [5, 5.41) is 8.67. The summed E-state index contributed by atoms with van der Waals surface area (Å²) in [4.78, 5) is 0. The van der Waals surface area contributed by atoms with Gasteiger partial charge in [-0.2, -0.15) is 5.26 Å². The minimum Gasteiger partial charge on any atom is -0.340 e. The van der Waals surface area contributed by atoms with E-state index in [0.717, 1.165) is 5.69 Å². The van der Waals surface area contributed by atoms with Crippen LogP contribution >= 0.6 is 18.8 Å². The minimum absolute atomic E-state index is 0.678. The predicted octanol–water partition coefficient (Wildman–Crippen LogP) is 1.94. The van der Waals surface area contributed by atoms with Crippen molar-refractivity contribution in [3.63, 3.8) is 0 Å². The van der Waals surface area contributed by atoms with Gasteiger partial charge in [-0.05, 0) is 30.9 Å². The molecule has 0 bridgehead atoms. The van der Waals surface area contributed by atoms with Crippen LogP contribution in [0, 0.1) is 11.3 Å². The van der Waals surface area contributed by atoms with E-state index in [-0.39, 0.29) is 0 Å². The van der Waals surface area contributed by atoms with Gasteiger partial charge >= 0.3 is 0 Å². The zero-order valence-electron chi connectivity index (χ0n) is 5.86. The van der Waals surface area contributed by atoms with Gasteiger partial charge in [0.15, 0.2) is 0 Å². The summed E-state index contributed by atoms with van der Waals surface area (Å²) in [6, 6.07) is 9.53. The second-order valence-corrected chi connectivity index (χ2v) is 3.75. The molecule has 1 aromatic carbocycles. The maximum Gasteiger partial charge on any atom is 0.101 e. The van der Waals surface area contributed by atoms with Gasteiger partial charge in [0.2, 0.25) is 0 Å². The summed E-state index contributed by atoms with van der Waals surface area (Å²) in [6.07, 6.45) is 0. The molecule has 0 heterocycles. The number of nitriles is 1. The van der Waals surface area contributed by atoms with E-state index < -0.39 is 0 Å². The van der Waals surface area contributed by atoms with Gasteiger partial charge in [0.05, 0.1) is 11.3 Å². The Balaban J connectivity index is 3.15. The average molecular weight is 182 g/mol. The first-order chi connectivity index (χ1) is 5.25. The predicted molar refractivity (Wildman–Crippen MR) is 53.1 cm³/mol. The van der Waals surface area contributed by atoms with E-state index in [9.17, 15) is 0 Å². The molecule has 0 N–H and O–H groups in total. The van der Waals surface area contributed by atoms with Crippen LogP contribution in [0.4, 0.5) is 5.69 Å². The topological polar surface area (TPSA) is 27.0 Å². The van der Waals surface area contributed by atoms with Gasteiger partial charge in [0, 0.05) is 0 Å². The Labute approximate surface area is 70.7 Å². The molecule has 0 aliphatic heterocycles. The van der Waals surface area contributed by atoms with E-state index in [2.05, 4.69) is 24.9 Å². The molecule has 0 aliphatic carbocycles. The monoisotopic (exact) mass is 182 g/mol. The number of hydrogen-bond acceptors (Lipinski definition) is 2. The van der Waals surface area contributed by atoms with Crippen LogP contribution in [0.3, 0.4) is 0 Å². The molecular weight excluding hydrogens is 174 g/mol. The van der Waals surface area contributed by atoms with Crippen LogP contribution in [0.2, 0.25) is 0 Å². The van der Waals surface area contributed by atoms with Gasteiger partial charge in [-0.25, -0.2) is 0 Å². The molecule has 1 aromatic rings. The molecule has 0 aliphatic rings. The molecule has 0 saturated heterocycles. The first-order valence-electron chi connectivity index (χ1n) is 3.04. The zero-order chi connectivity index (χ0) is 8.27. The molecular formula is C7H8N2P2. The van der Waals surface area contributed by atoms with Gasteiger partial charge < -0.3 is 4.44 Å². The molecule has 2 unspecified atom stereocenters. The highest BCUT2D eigenvalue weighted by Gasteiger charge is 2.00. The fraction of sp³-hybridized carbons (Fsp3) is 0. The van der Waals surface area contributed by atoms with Crippen LogP contribution in [0.25, 0.3) is 0 Å². The summed E-state index contributed by atoms with van der Waals surface area (Å²) in [7, 11) is 4.96. The maximum atomic E-state index is 8.67. The van der Waals surface area contributed by atoms with Crippen LogP contribution in [0.1, 0.15) is 5.56 Å². The molecule has 0 radical (unpaired) electrons. The SMILES string of the molecule is N#Cc1ccccc1N(P)P. The molecule has 11 heavy (non-hydrogen) atoms. The minimum atomic E-state index is 0.678. The number of rotatable bonds is 1. The molecule has 0 amide bonds. The summed E-state index contributed by atoms with van der Waals surface area (Å²) < 4.78 is 1.76. The maximum absolute atomic E-state index is 8.67. The Morgan fingerprint density at radius 1 is 1.27 bits per heavy atom. The fourth-order valence-electron chi connectivity index (χ4n) is 0.793. The highest BCUT2D eigenvalue weighted by Crippen LogP contribution is 2.25. The third-order valence-electron chi connectivity index (χ3n) is 1.30. The smallest absolute Gasteiger partial charge is 0.101 e. The molecule has 4 heteroatoms. The van der Waals surface area contributed by atoms with Crippen molar-refractivity contribution in [1.82, 2.24) is 0 Å². The molecule has 0 spiro atoms. The second kappa shape index (κ2) is 3.67. The Morgan fingerprint density at radius 3 is 2.36 bits per heavy atom. The highest BCUT2D eigenvalue weighted by atomic mass is 31.1. The first-order valence-corrected chi connectivity index (χ1v) is 4.07. The number of anilines is 1. The number of hydrogen-bond donors (Lipinski definition) is 0. The number of nitrogens with zero attached hydrogens (tertiary/aromatic N) is 2. The summed E-state index contributed by atoms with van der Waals surface area (Å²) in [5.74, 6) is 0. The molecule has 0 fully saturated rings. The van der Waals surface area contributed by atoms with Gasteiger partial charge in [-0.15, -0.1) is 0 Å². The van der Waals surface area contributed by atoms with Crippen molar-refractivity contribution >= 4 is 24.5 Å². The van der Waals surface area contributed by atoms with E-state index in [0.29, 0.717) is 5.56 Å². The van der Waals surface area contributed by atoms with Gasteiger partial charge in [0.25, 0.3) is 0 Å². The van der Waals surface area contributed by atoms with Crippen LogP contribution in [0.15, 0.2) is 24.3 Å². The molecule has 2 atom stereocenters. The lowest BCUT2D eigenvalue weighted by atomic mass is 10.2. The van der Waals surface area contributed by atoms with E-state index in [1.807, 2.05) is 18.2 Å². The Bertz CT molecular complexity index is 291. The van der Waals surface area contributed by atoms with Crippen molar-refractivity contribution in [3.05, 3.63) is 29.8 Å². The van der Waals surface area contributed by atoms with Crippen LogP contribution in [-0.4, -0.2) is 0 Å². The fourth-order valence-corrected chi connectivity index (χ4v) is 1.24. The van der Waals surface area contributed by atoms with Crippen molar-refractivity contribution in [3.8, 4) is 6.07 Å². The van der Waals surface area contributed by atoms with Crippen molar-refractivity contribution < 1.29 is 0 Å². The summed E-state index contributed by atoms with van der Waals surface area (Å²) in [6.45, 7) is 0. The first kappa shape index (κ1) is 8.47. The Hall–Kier alpha value is -0.630. The second-order valence-electron chi connectivity index (χ2n) is 2.04. The lowest BCUT2D eigenvalue weighted by Crippen LogP contribution is -1.92. The largest absolute Gasteiger partial charge is 0.340 e. The van der Waals surface area contributed by atoms with E-state index >= 15 is 0 Å². The third-order valence-corrected chi connectivity index (χ3v) is 1.86. The standard InChI is InChI=1S/C7H8N2P2/c8-5-6-3-1-2-4-7(6)9(10)11/h1-4H,10-11H2. The average Bonchev–Trinajstić information content (AvgIpc) is 2.04. The van der Waals surface area contributed by atoms with Gasteiger partial charge in [-0.1, -0.05) is 12.1 Å². The normalized spacial score (nSPS) is 8.82. The molecule has 1 rings (SSSR count). The number of para-hydroxylation sites is 1. The summed E-state index contributed by atoms with van der Waals surface area (Å²) >= 11 is 0. The Kier molecular flexibility index (Phi) is 2.83. The van der Waals surface area contributed by atoms with Crippen LogP contribution < -0.4 is 4.44 Å².